The zero-order valence-electron chi connectivity index (χ0n) is 16.3. The van der Waals surface area contributed by atoms with Crippen LogP contribution in [0.1, 0.15) is 37.0 Å². The van der Waals surface area contributed by atoms with Gasteiger partial charge in [-0.15, -0.1) is 11.3 Å². The summed E-state index contributed by atoms with van der Waals surface area (Å²) in [4.78, 5) is 25.8. The van der Waals surface area contributed by atoms with E-state index in [1.165, 1.54) is 11.3 Å². The molecule has 7 nitrogen and oxygen atoms in total. The molecule has 1 amide bonds. The lowest BCUT2D eigenvalue weighted by molar-refractivity contribution is 0.102. The van der Waals surface area contributed by atoms with Crippen LogP contribution in [0.5, 0.6) is 0 Å². The average molecular weight is 404 g/mol. The van der Waals surface area contributed by atoms with Crippen molar-refractivity contribution < 1.29 is 4.79 Å². The highest BCUT2D eigenvalue weighted by atomic mass is 32.1. The van der Waals surface area contributed by atoms with Crippen LogP contribution < -0.4 is 5.32 Å². The Hall–Kier alpha value is -3.39. The van der Waals surface area contributed by atoms with Gasteiger partial charge in [0.25, 0.3) is 11.9 Å². The van der Waals surface area contributed by atoms with Gasteiger partial charge in [-0.2, -0.15) is 9.78 Å². The van der Waals surface area contributed by atoms with Crippen molar-refractivity contribution in [3.63, 3.8) is 0 Å². The summed E-state index contributed by atoms with van der Waals surface area (Å²) in [5.74, 6) is 0.586. The SMILES string of the molecule is CC(C)(C)c1cc(NC(=O)c2csc(-c3ccccc3)n2)n(-c2ncccn2)n1. The number of amides is 1. The molecule has 4 aromatic rings. The molecular formula is C21H20N6OS. The van der Waals surface area contributed by atoms with Crippen LogP contribution in [0.3, 0.4) is 0 Å². The maximum absolute atomic E-state index is 12.9. The lowest BCUT2D eigenvalue weighted by atomic mass is 9.92. The number of carbonyl (C=O) groups is 1. The summed E-state index contributed by atoms with van der Waals surface area (Å²) in [6.07, 6.45) is 3.28. The summed E-state index contributed by atoms with van der Waals surface area (Å²) in [6, 6.07) is 13.4. The van der Waals surface area contributed by atoms with Crippen LogP contribution in [0.4, 0.5) is 5.82 Å². The van der Waals surface area contributed by atoms with E-state index in [4.69, 9.17) is 0 Å². The maximum atomic E-state index is 12.9. The fourth-order valence-corrected chi connectivity index (χ4v) is 3.47. The highest BCUT2D eigenvalue weighted by molar-refractivity contribution is 7.13. The normalized spacial score (nSPS) is 11.4. The van der Waals surface area contributed by atoms with Gasteiger partial charge in [-0.1, -0.05) is 51.1 Å². The van der Waals surface area contributed by atoms with E-state index in [0.717, 1.165) is 16.3 Å². The van der Waals surface area contributed by atoms with Crippen molar-refractivity contribution in [1.29, 1.82) is 0 Å². The van der Waals surface area contributed by atoms with Crippen LogP contribution in [-0.2, 0) is 5.41 Å². The molecule has 0 bridgehead atoms. The molecule has 8 heteroatoms. The fourth-order valence-electron chi connectivity index (χ4n) is 2.66. The van der Waals surface area contributed by atoms with Crippen molar-refractivity contribution >= 4 is 23.1 Å². The van der Waals surface area contributed by atoms with E-state index >= 15 is 0 Å². The zero-order valence-corrected chi connectivity index (χ0v) is 17.1. The molecule has 1 N–H and O–H groups in total. The molecule has 3 heterocycles. The number of aromatic nitrogens is 5. The molecule has 0 saturated heterocycles. The van der Waals surface area contributed by atoms with Crippen LogP contribution in [0.2, 0.25) is 0 Å². The van der Waals surface area contributed by atoms with Crippen molar-refractivity contribution in [3.8, 4) is 16.5 Å². The first-order chi connectivity index (χ1) is 13.9. The van der Waals surface area contributed by atoms with E-state index in [1.54, 1.807) is 28.5 Å². The summed E-state index contributed by atoms with van der Waals surface area (Å²) in [5.41, 5.74) is 1.96. The van der Waals surface area contributed by atoms with Crippen LogP contribution in [0.25, 0.3) is 16.5 Å². The first-order valence-electron chi connectivity index (χ1n) is 9.12. The Kier molecular flexibility index (Phi) is 4.94. The summed E-state index contributed by atoms with van der Waals surface area (Å²) in [7, 11) is 0. The number of hydrogen-bond acceptors (Lipinski definition) is 6. The summed E-state index contributed by atoms with van der Waals surface area (Å²) in [6.45, 7) is 6.18. The van der Waals surface area contributed by atoms with E-state index in [-0.39, 0.29) is 11.3 Å². The molecular weight excluding hydrogens is 384 g/mol. The second kappa shape index (κ2) is 7.56. The van der Waals surface area contributed by atoms with Gasteiger partial charge >= 0.3 is 0 Å². The standard InChI is InChI=1S/C21H20N6OS/c1-21(2,3)16-12-17(27(26-16)20-22-10-7-11-23-20)25-18(28)15-13-29-19(24-15)14-8-5-4-6-9-14/h4-13H,1-3H3,(H,25,28). The first kappa shape index (κ1) is 18.9. The van der Waals surface area contributed by atoms with Gasteiger partial charge in [0.1, 0.15) is 16.5 Å². The third kappa shape index (κ3) is 4.07. The molecule has 0 saturated carbocycles. The third-order valence-corrected chi connectivity index (χ3v) is 5.11. The van der Waals surface area contributed by atoms with Crippen molar-refractivity contribution in [2.75, 3.05) is 5.32 Å². The van der Waals surface area contributed by atoms with Gasteiger partial charge in [0.15, 0.2) is 0 Å². The molecule has 146 valence electrons. The topological polar surface area (TPSA) is 85.6 Å². The van der Waals surface area contributed by atoms with E-state index in [9.17, 15) is 4.79 Å². The Morgan fingerprint density at radius 3 is 2.48 bits per heavy atom. The highest BCUT2D eigenvalue weighted by Gasteiger charge is 2.23. The first-order valence-corrected chi connectivity index (χ1v) is 10.00. The lowest BCUT2D eigenvalue weighted by Gasteiger charge is -2.13. The van der Waals surface area contributed by atoms with Gasteiger partial charge < -0.3 is 5.32 Å². The lowest BCUT2D eigenvalue weighted by Crippen LogP contribution is -2.16. The monoisotopic (exact) mass is 404 g/mol. The summed E-state index contributed by atoms with van der Waals surface area (Å²) in [5, 5.41) is 10.1. The molecule has 0 aliphatic rings. The average Bonchev–Trinajstić information content (AvgIpc) is 3.37. The van der Waals surface area contributed by atoms with E-state index in [1.807, 2.05) is 36.4 Å². The third-order valence-electron chi connectivity index (χ3n) is 4.22. The number of anilines is 1. The minimum absolute atomic E-state index is 0.194. The molecule has 1 aromatic carbocycles. The second-order valence-corrected chi connectivity index (χ2v) is 8.34. The van der Waals surface area contributed by atoms with Crippen LogP contribution in [-0.4, -0.2) is 30.6 Å². The minimum atomic E-state index is -0.305. The Morgan fingerprint density at radius 1 is 1.07 bits per heavy atom. The molecule has 4 rings (SSSR count). The molecule has 0 fully saturated rings. The predicted octanol–water partition coefficient (Wildman–Crippen LogP) is 4.34. The molecule has 0 radical (unpaired) electrons. The number of nitrogens with one attached hydrogen (secondary N) is 1. The Balaban J connectivity index is 1.64. The molecule has 0 aliphatic heterocycles. The van der Waals surface area contributed by atoms with E-state index < -0.39 is 0 Å². The van der Waals surface area contributed by atoms with Gasteiger partial charge in [-0.05, 0) is 6.07 Å². The smallest absolute Gasteiger partial charge is 0.276 e. The molecule has 0 spiro atoms. The molecule has 29 heavy (non-hydrogen) atoms. The quantitative estimate of drug-likeness (QED) is 0.547. The number of benzene rings is 1. The van der Waals surface area contributed by atoms with Crippen LogP contribution >= 0.6 is 11.3 Å². The van der Waals surface area contributed by atoms with E-state index in [2.05, 4.69) is 46.1 Å². The van der Waals surface area contributed by atoms with Crippen LogP contribution in [0, 0.1) is 0 Å². The van der Waals surface area contributed by atoms with Gasteiger partial charge in [0, 0.05) is 34.8 Å². The van der Waals surface area contributed by atoms with Crippen molar-refractivity contribution in [1.82, 2.24) is 24.7 Å². The maximum Gasteiger partial charge on any atom is 0.276 e. The number of carbonyl (C=O) groups excluding carboxylic acids is 1. The summed E-state index contributed by atoms with van der Waals surface area (Å²) >= 11 is 1.43. The highest BCUT2D eigenvalue weighted by Crippen LogP contribution is 2.27. The predicted molar refractivity (Wildman–Crippen MR) is 113 cm³/mol. The van der Waals surface area contributed by atoms with Crippen molar-refractivity contribution in [3.05, 3.63) is 71.6 Å². The van der Waals surface area contributed by atoms with Crippen molar-refractivity contribution in [2.45, 2.75) is 26.2 Å². The van der Waals surface area contributed by atoms with Crippen molar-refractivity contribution in [2.24, 2.45) is 0 Å². The zero-order chi connectivity index (χ0) is 20.4. The second-order valence-electron chi connectivity index (χ2n) is 7.48. The molecule has 0 unspecified atom stereocenters. The number of thiazole rings is 1. The van der Waals surface area contributed by atoms with Gasteiger partial charge in [-0.3, -0.25) is 4.79 Å². The molecule has 3 aromatic heterocycles. The Labute approximate surface area is 172 Å². The Morgan fingerprint density at radius 2 is 1.79 bits per heavy atom. The molecule has 0 atom stereocenters. The number of rotatable bonds is 4. The number of hydrogen-bond donors (Lipinski definition) is 1. The van der Waals surface area contributed by atoms with Gasteiger partial charge in [0.05, 0.1) is 5.69 Å². The Bertz CT molecular complexity index is 1130. The summed E-state index contributed by atoms with van der Waals surface area (Å²) < 4.78 is 1.54. The van der Waals surface area contributed by atoms with Crippen LogP contribution in [0.15, 0.2) is 60.2 Å². The van der Waals surface area contributed by atoms with Gasteiger partial charge in [0.2, 0.25) is 0 Å². The fraction of sp³-hybridized carbons (Fsp3) is 0.190. The van der Waals surface area contributed by atoms with Gasteiger partial charge in [-0.25, -0.2) is 15.0 Å². The van der Waals surface area contributed by atoms with E-state index in [0.29, 0.717) is 17.5 Å². The molecule has 0 aliphatic carbocycles. The largest absolute Gasteiger partial charge is 0.305 e. The minimum Gasteiger partial charge on any atom is -0.305 e. The number of nitrogens with zero attached hydrogens (tertiary/aromatic N) is 5.